The van der Waals surface area contributed by atoms with E-state index < -0.39 is 0 Å². The molecule has 0 heterocycles. The van der Waals surface area contributed by atoms with Crippen LogP contribution in [0.2, 0.25) is 0 Å². The molecule has 1 aliphatic rings. The zero-order valence-electron chi connectivity index (χ0n) is 35.1. The Kier molecular flexibility index (Phi) is 34.6. The molecule has 0 atom stereocenters. The van der Waals surface area contributed by atoms with Gasteiger partial charge in [-0.25, -0.2) is 0 Å². The summed E-state index contributed by atoms with van der Waals surface area (Å²) in [7, 11) is 0. The van der Waals surface area contributed by atoms with E-state index in [9.17, 15) is 14.7 Å². The van der Waals surface area contributed by atoms with Crippen LogP contribution in [0.1, 0.15) is 233 Å². The number of esters is 2. The standard InChI is InChI=1S/C46H89NO5/c1-4-7-9-11-15-21-28-44(29-22-16-12-10-8-5-2)52-46(50)31-24-18-14-20-26-38-47(39-40-48)37-25-19-13-17-23-30-45(49)51-41-36-43-34-32-42(27-6-3)33-35-43/h42-44,48H,4-41H2,1-3H3. The molecular weight excluding hydrogens is 647 g/mol. The van der Waals surface area contributed by atoms with E-state index in [2.05, 4.69) is 25.7 Å². The van der Waals surface area contributed by atoms with Gasteiger partial charge >= 0.3 is 11.9 Å². The van der Waals surface area contributed by atoms with E-state index in [0.29, 0.717) is 19.4 Å². The highest BCUT2D eigenvalue weighted by Crippen LogP contribution is 2.33. The average Bonchev–Trinajstić information content (AvgIpc) is 3.14. The van der Waals surface area contributed by atoms with Gasteiger partial charge in [0.05, 0.1) is 13.2 Å². The Bertz CT molecular complexity index is 767. The molecule has 0 radical (unpaired) electrons. The maximum absolute atomic E-state index is 12.7. The van der Waals surface area contributed by atoms with E-state index >= 15 is 0 Å². The second kappa shape index (κ2) is 36.8. The number of hydrogen-bond donors (Lipinski definition) is 1. The predicted octanol–water partition coefficient (Wildman–Crippen LogP) is 12.9. The van der Waals surface area contributed by atoms with Gasteiger partial charge in [0.1, 0.15) is 6.10 Å². The molecule has 0 aromatic heterocycles. The number of ether oxygens (including phenoxy) is 2. The first kappa shape index (κ1) is 48.9. The molecule has 0 aliphatic heterocycles. The van der Waals surface area contributed by atoms with Gasteiger partial charge in [-0.2, -0.15) is 0 Å². The molecule has 0 aromatic rings. The van der Waals surface area contributed by atoms with Crippen molar-refractivity contribution in [2.24, 2.45) is 11.8 Å². The minimum absolute atomic E-state index is 0.0139. The van der Waals surface area contributed by atoms with Gasteiger partial charge in [-0.3, -0.25) is 9.59 Å². The van der Waals surface area contributed by atoms with E-state index in [1.807, 2.05) is 0 Å². The Morgan fingerprint density at radius 1 is 0.538 bits per heavy atom. The van der Waals surface area contributed by atoms with Gasteiger partial charge in [0.2, 0.25) is 0 Å². The van der Waals surface area contributed by atoms with Gasteiger partial charge in [-0.15, -0.1) is 0 Å². The number of aliphatic hydroxyl groups excluding tert-OH is 1. The van der Waals surface area contributed by atoms with Crippen LogP contribution in [-0.4, -0.2) is 60.9 Å². The maximum atomic E-state index is 12.7. The number of aliphatic hydroxyl groups is 1. The van der Waals surface area contributed by atoms with Crippen molar-refractivity contribution in [3.8, 4) is 0 Å². The fraction of sp³-hybridized carbons (Fsp3) is 0.957. The van der Waals surface area contributed by atoms with Crippen molar-refractivity contribution in [1.82, 2.24) is 4.90 Å². The number of hydrogen-bond acceptors (Lipinski definition) is 6. The molecule has 6 nitrogen and oxygen atoms in total. The lowest BCUT2D eigenvalue weighted by Crippen LogP contribution is -2.29. The van der Waals surface area contributed by atoms with Crippen LogP contribution in [0.25, 0.3) is 0 Å². The van der Waals surface area contributed by atoms with E-state index in [1.54, 1.807) is 0 Å². The van der Waals surface area contributed by atoms with Crippen LogP contribution in [0.15, 0.2) is 0 Å². The highest BCUT2D eigenvalue weighted by atomic mass is 16.5. The third-order valence-corrected chi connectivity index (χ3v) is 11.6. The Labute approximate surface area is 323 Å². The molecule has 1 fully saturated rings. The molecule has 0 spiro atoms. The van der Waals surface area contributed by atoms with Crippen molar-refractivity contribution < 1.29 is 24.2 Å². The lowest BCUT2D eigenvalue weighted by molar-refractivity contribution is -0.150. The van der Waals surface area contributed by atoms with Gasteiger partial charge in [0, 0.05) is 19.4 Å². The summed E-state index contributed by atoms with van der Waals surface area (Å²) in [5, 5.41) is 9.57. The van der Waals surface area contributed by atoms with Crippen molar-refractivity contribution in [2.75, 3.05) is 32.8 Å². The zero-order chi connectivity index (χ0) is 37.7. The van der Waals surface area contributed by atoms with Crippen LogP contribution in [0.5, 0.6) is 0 Å². The van der Waals surface area contributed by atoms with E-state index in [0.717, 1.165) is 102 Å². The number of carbonyl (C=O) groups excluding carboxylic acids is 2. The molecule has 1 aliphatic carbocycles. The summed E-state index contributed by atoms with van der Waals surface area (Å²) >= 11 is 0. The molecule has 308 valence electrons. The zero-order valence-corrected chi connectivity index (χ0v) is 35.1. The fourth-order valence-electron chi connectivity index (χ4n) is 8.19. The van der Waals surface area contributed by atoms with Crippen LogP contribution in [0.4, 0.5) is 0 Å². The number of rotatable bonds is 38. The Balaban J connectivity index is 2.07. The van der Waals surface area contributed by atoms with Crippen LogP contribution >= 0.6 is 0 Å². The largest absolute Gasteiger partial charge is 0.466 e. The normalized spacial score (nSPS) is 16.2. The van der Waals surface area contributed by atoms with Gasteiger partial charge in [-0.05, 0) is 82.7 Å². The number of unbranched alkanes of at least 4 members (excludes halogenated alkanes) is 18. The minimum Gasteiger partial charge on any atom is -0.466 e. The Morgan fingerprint density at radius 2 is 0.981 bits per heavy atom. The van der Waals surface area contributed by atoms with Gasteiger partial charge < -0.3 is 19.5 Å². The summed E-state index contributed by atoms with van der Waals surface area (Å²) < 4.78 is 11.6. The summed E-state index contributed by atoms with van der Waals surface area (Å²) in [6, 6.07) is 0. The molecule has 0 aromatic carbocycles. The lowest BCUT2D eigenvalue weighted by atomic mass is 9.79. The van der Waals surface area contributed by atoms with Crippen molar-refractivity contribution >= 4 is 11.9 Å². The third kappa shape index (κ3) is 30.2. The first-order valence-corrected chi connectivity index (χ1v) is 23.2. The van der Waals surface area contributed by atoms with Crippen LogP contribution < -0.4 is 0 Å². The summed E-state index contributed by atoms with van der Waals surface area (Å²) in [6.07, 6.45) is 38.8. The Morgan fingerprint density at radius 3 is 1.48 bits per heavy atom. The number of carbonyl (C=O) groups is 2. The molecule has 0 bridgehead atoms. The quantitative estimate of drug-likeness (QED) is 0.0502. The van der Waals surface area contributed by atoms with E-state index in [-0.39, 0.29) is 24.6 Å². The molecule has 6 heteroatoms. The molecule has 1 saturated carbocycles. The van der Waals surface area contributed by atoms with Crippen LogP contribution in [-0.2, 0) is 19.1 Å². The number of nitrogens with zero attached hydrogens (tertiary/aromatic N) is 1. The highest BCUT2D eigenvalue weighted by Gasteiger charge is 2.21. The monoisotopic (exact) mass is 736 g/mol. The van der Waals surface area contributed by atoms with E-state index in [4.69, 9.17) is 9.47 Å². The topological polar surface area (TPSA) is 76.1 Å². The van der Waals surface area contributed by atoms with Gasteiger partial charge in [0.25, 0.3) is 0 Å². The molecule has 0 amide bonds. The predicted molar refractivity (Wildman–Crippen MR) is 221 cm³/mol. The highest BCUT2D eigenvalue weighted by molar-refractivity contribution is 5.69. The van der Waals surface area contributed by atoms with Crippen LogP contribution in [0.3, 0.4) is 0 Å². The second-order valence-corrected chi connectivity index (χ2v) is 16.5. The van der Waals surface area contributed by atoms with Crippen molar-refractivity contribution in [1.29, 1.82) is 0 Å². The summed E-state index contributed by atoms with van der Waals surface area (Å²) in [4.78, 5) is 27.3. The average molecular weight is 736 g/mol. The smallest absolute Gasteiger partial charge is 0.306 e. The molecule has 0 unspecified atom stereocenters. The van der Waals surface area contributed by atoms with Crippen molar-refractivity contribution in [3.05, 3.63) is 0 Å². The van der Waals surface area contributed by atoms with Crippen molar-refractivity contribution in [2.45, 2.75) is 239 Å². The van der Waals surface area contributed by atoms with Gasteiger partial charge in [-0.1, -0.05) is 162 Å². The third-order valence-electron chi connectivity index (χ3n) is 11.6. The molecule has 0 saturated heterocycles. The SMILES string of the molecule is CCCCCCCCC(CCCCCCCC)OC(=O)CCCCCCCN(CCO)CCCCCCCC(=O)OCCC1CCC(CCC)CC1. The molecule has 1 N–H and O–H groups in total. The molecular formula is C46H89NO5. The molecule has 1 rings (SSSR count). The first-order valence-electron chi connectivity index (χ1n) is 23.2. The fourth-order valence-corrected chi connectivity index (χ4v) is 8.19. The minimum atomic E-state index is -0.0139. The van der Waals surface area contributed by atoms with Gasteiger partial charge in [0.15, 0.2) is 0 Å². The summed E-state index contributed by atoms with van der Waals surface area (Å²) in [5.74, 6) is 1.69. The first-order chi connectivity index (χ1) is 25.5. The van der Waals surface area contributed by atoms with E-state index in [1.165, 1.54) is 128 Å². The summed E-state index contributed by atoms with van der Waals surface area (Å²) in [5.41, 5.74) is 0. The van der Waals surface area contributed by atoms with Crippen molar-refractivity contribution in [3.63, 3.8) is 0 Å². The Hall–Kier alpha value is -1.14. The maximum Gasteiger partial charge on any atom is 0.306 e. The second-order valence-electron chi connectivity index (χ2n) is 16.5. The molecule has 52 heavy (non-hydrogen) atoms. The lowest BCUT2D eigenvalue weighted by Gasteiger charge is -2.28. The van der Waals surface area contributed by atoms with Crippen LogP contribution in [0, 0.1) is 11.8 Å². The summed E-state index contributed by atoms with van der Waals surface area (Å²) in [6.45, 7) is 10.4.